The van der Waals surface area contributed by atoms with Gasteiger partial charge in [-0.3, -0.25) is 14.4 Å². The number of amides is 3. The number of thioether (sulfide) groups is 1. The van der Waals surface area contributed by atoms with Crippen molar-refractivity contribution in [3.05, 3.63) is 90.0 Å². The number of benzene rings is 3. The number of hydrogen-bond acceptors (Lipinski definition) is 4. The van der Waals surface area contributed by atoms with Crippen molar-refractivity contribution in [2.45, 2.75) is 36.3 Å². The van der Waals surface area contributed by atoms with Crippen LogP contribution in [0.15, 0.2) is 83.8 Å². The van der Waals surface area contributed by atoms with E-state index in [1.807, 2.05) is 61.5 Å². The van der Waals surface area contributed by atoms with Crippen molar-refractivity contribution in [1.29, 1.82) is 0 Å². The molecule has 1 unspecified atom stereocenters. The molecule has 3 rings (SSSR count). The Labute approximate surface area is 198 Å². The molecule has 3 aromatic rings. The molecular weight excluding hydrogens is 434 g/mol. The third-order valence-corrected chi connectivity index (χ3v) is 6.15. The number of nitrogens with one attached hydrogen (secondary N) is 2. The van der Waals surface area contributed by atoms with Crippen LogP contribution < -0.4 is 16.4 Å². The van der Waals surface area contributed by atoms with Gasteiger partial charge in [0, 0.05) is 28.3 Å². The van der Waals surface area contributed by atoms with Crippen LogP contribution in [0.25, 0.3) is 0 Å². The van der Waals surface area contributed by atoms with Gasteiger partial charge in [-0.1, -0.05) is 49.7 Å². The van der Waals surface area contributed by atoms with Crippen LogP contribution in [0.3, 0.4) is 0 Å². The zero-order valence-corrected chi connectivity index (χ0v) is 19.2. The Morgan fingerprint density at radius 1 is 0.879 bits per heavy atom. The number of carbonyl (C=O) groups excluding carboxylic acids is 3. The van der Waals surface area contributed by atoms with Gasteiger partial charge in [-0.25, -0.2) is 0 Å². The number of rotatable bonds is 10. The van der Waals surface area contributed by atoms with Crippen LogP contribution in [0, 0.1) is 0 Å². The predicted molar refractivity (Wildman–Crippen MR) is 133 cm³/mol. The fourth-order valence-electron chi connectivity index (χ4n) is 3.17. The highest BCUT2D eigenvalue weighted by molar-refractivity contribution is 8.00. The third kappa shape index (κ3) is 7.22. The Morgan fingerprint density at radius 3 is 2.27 bits per heavy atom. The summed E-state index contributed by atoms with van der Waals surface area (Å²) in [6, 6.07) is 23.4. The molecule has 0 spiro atoms. The van der Waals surface area contributed by atoms with E-state index in [1.54, 1.807) is 24.3 Å². The number of hydrogen-bond donors (Lipinski definition) is 3. The maximum absolute atomic E-state index is 13.2. The average molecular weight is 462 g/mol. The highest BCUT2D eigenvalue weighted by Gasteiger charge is 2.22. The van der Waals surface area contributed by atoms with Gasteiger partial charge in [-0.05, 0) is 54.4 Å². The molecule has 6 nitrogen and oxygen atoms in total. The monoisotopic (exact) mass is 461 g/mol. The van der Waals surface area contributed by atoms with E-state index in [-0.39, 0.29) is 11.8 Å². The molecule has 0 aromatic heterocycles. The van der Waals surface area contributed by atoms with Crippen molar-refractivity contribution in [1.82, 2.24) is 0 Å². The third-order valence-electron chi connectivity index (χ3n) is 4.91. The molecule has 170 valence electrons. The quantitative estimate of drug-likeness (QED) is 0.353. The van der Waals surface area contributed by atoms with Gasteiger partial charge >= 0.3 is 0 Å². The van der Waals surface area contributed by atoms with Gasteiger partial charge in [0.15, 0.2) is 0 Å². The number of unbranched alkanes of at least 4 members (excludes halogenated alkanes) is 1. The highest BCUT2D eigenvalue weighted by atomic mass is 32.2. The second-order valence-corrected chi connectivity index (χ2v) is 8.70. The van der Waals surface area contributed by atoms with Crippen LogP contribution in [-0.2, 0) is 9.59 Å². The van der Waals surface area contributed by atoms with Gasteiger partial charge in [0.05, 0.1) is 0 Å². The standard InChI is InChI=1S/C26H27N3O3S/c1-2-3-12-23(30)28-21-10-7-11-22(17-21)33-24(18-8-5-4-6-9-18)26(32)29-20-15-13-19(14-16-20)25(27)31/h4-11,13-17,24H,2-3,12H2,1H3,(H2,27,31)(H,28,30)(H,29,32). The molecule has 7 heteroatoms. The largest absolute Gasteiger partial charge is 0.366 e. The second kappa shape index (κ2) is 11.9. The molecule has 4 N–H and O–H groups in total. The van der Waals surface area contributed by atoms with E-state index in [0.29, 0.717) is 23.4 Å². The summed E-state index contributed by atoms with van der Waals surface area (Å²) in [5, 5.41) is 5.32. The summed E-state index contributed by atoms with van der Waals surface area (Å²) in [7, 11) is 0. The van der Waals surface area contributed by atoms with E-state index >= 15 is 0 Å². The van der Waals surface area contributed by atoms with Gasteiger partial charge < -0.3 is 16.4 Å². The van der Waals surface area contributed by atoms with E-state index < -0.39 is 11.2 Å². The van der Waals surface area contributed by atoms with Crippen molar-refractivity contribution >= 4 is 40.9 Å². The minimum Gasteiger partial charge on any atom is -0.366 e. The molecule has 0 heterocycles. The van der Waals surface area contributed by atoms with E-state index in [1.165, 1.54) is 11.8 Å². The normalized spacial score (nSPS) is 11.4. The van der Waals surface area contributed by atoms with Crippen LogP contribution in [0.4, 0.5) is 11.4 Å². The van der Waals surface area contributed by atoms with Gasteiger partial charge in [-0.2, -0.15) is 0 Å². The second-order valence-electron chi connectivity index (χ2n) is 7.52. The topological polar surface area (TPSA) is 101 Å². The van der Waals surface area contributed by atoms with Crippen LogP contribution in [0.1, 0.15) is 47.4 Å². The Bertz CT molecular complexity index is 1100. The van der Waals surface area contributed by atoms with Crippen molar-refractivity contribution < 1.29 is 14.4 Å². The summed E-state index contributed by atoms with van der Waals surface area (Å²) in [5.41, 5.74) is 7.79. The predicted octanol–water partition coefficient (Wildman–Crippen LogP) is 5.39. The number of carbonyl (C=O) groups is 3. The molecule has 0 bridgehead atoms. The van der Waals surface area contributed by atoms with E-state index in [4.69, 9.17) is 5.73 Å². The Kier molecular flexibility index (Phi) is 8.66. The summed E-state index contributed by atoms with van der Waals surface area (Å²) in [4.78, 5) is 37.5. The first-order chi connectivity index (χ1) is 16.0. The molecule has 0 aliphatic carbocycles. The summed E-state index contributed by atoms with van der Waals surface area (Å²) >= 11 is 1.40. The summed E-state index contributed by atoms with van der Waals surface area (Å²) in [6.45, 7) is 2.05. The van der Waals surface area contributed by atoms with Gasteiger partial charge in [0.1, 0.15) is 5.25 Å². The summed E-state index contributed by atoms with van der Waals surface area (Å²) in [5.74, 6) is -0.738. The smallest absolute Gasteiger partial charge is 0.248 e. The van der Waals surface area contributed by atoms with Gasteiger partial charge in [-0.15, -0.1) is 11.8 Å². The van der Waals surface area contributed by atoms with Gasteiger partial charge in [0.2, 0.25) is 17.7 Å². The lowest BCUT2D eigenvalue weighted by molar-refractivity contribution is -0.116. The summed E-state index contributed by atoms with van der Waals surface area (Å²) in [6.07, 6.45) is 2.29. The molecule has 3 amide bonds. The van der Waals surface area contributed by atoms with Crippen LogP contribution in [0.2, 0.25) is 0 Å². The minimum absolute atomic E-state index is 0.0178. The Morgan fingerprint density at radius 2 is 1.61 bits per heavy atom. The van der Waals surface area contributed by atoms with E-state index in [9.17, 15) is 14.4 Å². The Balaban J connectivity index is 1.77. The average Bonchev–Trinajstić information content (AvgIpc) is 2.82. The maximum atomic E-state index is 13.2. The maximum Gasteiger partial charge on any atom is 0.248 e. The zero-order valence-electron chi connectivity index (χ0n) is 18.4. The minimum atomic E-state index is -0.521. The lowest BCUT2D eigenvalue weighted by atomic mass is 10.1. The van der Waals surface area contributed by atoms with Crippen LogP contribution >= 0.6 is 11.8 Å². The number of anilines is 2. The lowest BCUT2D eigenvalue weighted by Crippen LogP contribution is -2.19. The zero-order chi connectivity index (χ0) is 23.6. The molecule has 33 heavy (non-hydrogen) atoms. The molecule has 1 atom stereocenters. The van der Waals surface area contributed by atoms with Gasteiger partial charge in [0.25, 0.3) is 0 Å². The van der Waals surface area contributed by atoms with E-state index in [2.05, 4.69) is 10.6 Å². The first kappa shape index (κ1) is 24.1. The fraction of sp³-hybridized carbons (Fsp3) is 0.192. The van der Waals surface area contributed by atoms with Crippen molar-refractivity contribution in [3.8, 4) is 0 Å². The molecule has 3 aromatic carbocycles. The van der Waals surface area contributed by atoms with Crippen LogP contribution in [-0.4, -0.2) is 17.7 Å². The number of primary amides is 1. The molecule has 0 fully saturated rings. The first-order valence-electron chi connectivity index (χ1n) is 10.8. The molecule has 0 radical (unpaired) electrons. The summed E-state index contributed by atoms with van der Waals surface area (Å²) < 4.78 is 0. The number of nitrogens with two attached hydrogens (primary N) is 1. The molecule has 0 aliphatic rings. The molecule has 0 saturated carbocycles. The van der Waals surface area contributed by atoms with Crippen molar-refractivity contribution in [3.63, 3.8) is 0 Å². The van der Waals surface area contributed by atoms with E-state index in [0.717, 1.165) is 23.3 Å². The van der Waals surface area contributed by atoms with Crippen molar-refractivity contribution in [2.75, 3.05) is 10.6 Å². The SMILES string of the molecule is CCCCC(=O)Nc1cccc(SC(C(=O)Nc2ccc(C(N)=O)cc2)c2ccccc2)c1. The lowest BCUT2D eigenvalue weighted by Gasteiger charge is -2.18. The van der Waals surface area contributed by atoms with Crippen LogP contribution in [0.5, 0.6) is 0 Å². The molecular formula is C26H27N3O3S. The molecule has 0 saturated heterocycles. The highest BCUT2D eigenvalue weighted by Crippen LogP contribution is 2.37. The fourth-order valence-corrected chi connectivity index (χ4v) is 4.25. The first-order valence-corrected chi connectivity index (χ1v) is 11.7. The van der Waals surface area contributed by atoms with Crippen molar-refractivity contribution in [2.24, 2.45) is 5.73 Å². The molecule has 0 aliphatic heterocycles. The Hall–Kier alpha value is -3.58.